The number of carbonyl (C=O) groups is 2. The van der Waals surface area contributed by atoms with Gasteiger partial charge in [0.2, 0.25) is 11.8 Å². The summed E-state index contributed by atoms with van der Waals surface area (Å²) in [6.45, 7) is 3.32. The van der Waals surface area contributed by atoms with E-state index in [1.807, 2.05) is 18.4 Å². The Labute approximate surface area is 151 Å². The van der Waals surface area contributed by atoms with Crippen molar-refractivity contribution < 1.29 is 9.59 Å². The highest BCUT2D eigenvalue weighted by molar-refractivity contribution is 7.20. The van der Waals surface area contributed by atoms with Gasteiger partial charge in [0.25, 0.3) is 0 Å². The lowest BCUT2D eigenvalue weighted by Crippen LogP contribution is -2.10. The van der Waals surface area contributed by atoms with Crippen molar-refractivity contribution in [3.63, 3.8) is 0 Å². The molecule has 2 heterocycles. The molecule has 7 nitrogen and oxygen atoms in total. The van der Waals surface area contributed by atoms with Crippen LogP contribution in [0.1, 0.15) is 23.0 Å². The zero-order chi connectivity index (χ0) is 18.0. The third kappa shape index (κ3) is 4.01. The number of aryl methyl sites for hydroxylation is 1. The molecule has 0 saturated heterocycles. The van der Waals surface area contributed by atoms with Crippen molar-refractivity contribution in [2.75, 3.05) is 10.6 Å². The predicted molar refractivity (Wildman–Crippen MR) is 101 cm³/mol. The number of primary amides is 1. The van der Waals surface area contributed by atoms with Gasteiger partial charge in [0.15, 0.2) is 10.3 Å². The second kappa shape index (κ2) is 6.99. The summed E-state index contributed by atoms with van der Waals surface area (Å²) in [6.07, 6.45) is 0. The number of rotatable bonds is 5. The van der Waals surface area contributed by atoms with Gasteiger partial charge in [0, 0.05) is 23.6 Å². The molecule has 0 radical (unpaired) electrons. The summed E-state index contributed by atoms with van der Waals surface area (Å²) < 4.78 is 0. The largest absolute Gasteiger partial charge is 0.366 e. The summed E-state index contributed by atoms with van der Waals surface area (Å²) in [7, 11) is 0. The minimum Gasteiger partial charge on any atom is -0.366 e. The van der Waals surface area contributed by atoms with Gasteiger partial charge in [-0.1, -0.05) is 17.4 Å². The predicted octanol–water partition coefficient (Wildman–Crippen LogP) is 3.38. The van der Waals surface area contributed by atoms with Crippen LogP contribution in [0.5, 0.6) is 0 Å². The lowest BCUT2D eigenvalue weighted by atomic mass is 10.2. The first-order valence-corrected chi connectivity index (χ1v) is 9.00. The molecule has 0 saturated carbocycles. The van der Waals surface area contributed by atoms with Gasteiger partial charge in [-0.15, -0.1) is 11.3 Å². The Morgan fingerprint density at radius 2 is 2.00 bits per heavy atom. The van der Waals surface area contributed by atoms with Gasteiger partial charge in [0.05, 0.1) is 16.3 Å². The van der Waals surface area contributed by atoms with Crippen LogP contribution in [0.2, 0.25) is 0 Å². The van der Waals surface area contributed by atoms with Crippen LogP contribution < -0.4 is 16.4 Å². The lowest BCUT2D eigenvalue weighted by Gasteiger charge is -2.03. The van der Waals surface area contributed by atoms with Crippen molar-refractivity contribution in [3.05, 3.63) is 40.9 Å². The Balaban J connectivity index is 1.81. The Hall–Kier alpha value is -2.78. The molecule has 0 aliphatic heterocycles. The standard InChI is InChI=1S/C16H15N5O2S2/c1-8-13(25-16(18-8)19-9(2)22)12-7-24-15(21-12)20-11-5-3-4-10(6-11)14(17)23/h3-7H,1-2H3,(H2,17,23)(H,20,21)(H,18,19,22). The van der Waals surface area contributed by atoms with Crippen molar-refractivity contribution in [2.45, 2.75) is 13.8 Å². The van der Waals surface area contributed by atoms with E-state index in [1.54, 1.807) is 18.2 Å². The SMILES string of the molecule is CC(=O)Nc1nc(C)c(-c2csc(Nc3cccc(C(N)=O)c3)n2)s1. The van der Waals surface area contributed by atoms with Crippen molar-refractivity contribution >= 4 is 50.4 Å². The maximum Gasteiger partial charge on any atom is 0.248 e. The lowest BCUT2D eigenvalue weighted by molar-refractivity contribution is -0.114. The van der Waals surface area contributed by atoms with Gasteiger partial charge in [-0.2, -0.15) is 0 Å². The van der Waals surface area contributed by atoms with E-state index in [9.17, 15) is 9.59 Å². The smallest absolute Gasteiger partial charge is 0.248 e. The van der Waals surface area contributed by atoms with Crippen LogP contribution in [-0.2, 0) is 4.79 Å². The van der Waals surface area contributed by atoms with Gasteiger partial charge in [0.1, 0.15) is 0 Å². The van der Waals surface area contributed by atoms with Gasteiger partial charge < -0.3 is 16.4 Å². The molecule has 2 aromatic heterocycles. The third-order valence-electron chi connectivity index (χ3n) is 3.21. The van der Waals surface area contributed by atoms with E-state index in [0.717, 1.165) is 22.0 Å². The van der Waals surface area contributed by atoms with Gasteiger partial charge >= 0.3 is 0 Å². The molecular formula is C16H15N5O2S2. The highest BCUT2D eigenvalue weighted by Gasteiger charge is 2.14. The number of benzene rings is 1. The summed E-state index contributed by atoms with van der Waals surface area (Å²) >= 11 is 2.82. The minimum atomic E-state index is -0.478. The molecule has 128 valence electrons. The normalized spacial score (nSPS) is 10.5. The molecule has 25 heavy (non-hydrogen) atoms. The maximum absolute atomic E-state index is 11.3. The zero-order valence-corrected chi connectivity index (χ0v) is 15.1. The fourth-order valence-electron chi connectivity index (χ4n) is 2.15. The quantitative estimate of drug-likeness (QED) is 0.635. The number of carbonyl (C=O) groups excluding carboxylic acids is 2. The first-order valence-electron chi connectivity index (χ1n) is 7.30. The summed E-state index contributed by atoms with van der Waals surface area (Å²) in [4.78, 5) is 32.2. The fraction of sp³-hybridized carbons (Fsp3) is 0.125. The second-order valence-electron chi connectivity index (χ2n) is 5.22. The molecule has 0 aliphatic rings. The van der Waals surface area contributed by atoms with Crippen LogP contribution >= 0.6 is 22.7 Å². The second-order valence-corrected chi connectivity index (χ2v) is 7.08. The molecular weight excluding hydrogens is 358 g/mol. The third-order valence-corrected chi connectivity index (χ3v) is 5.07. The first-order chi connectivity index (χ1) is 11.9. The monoisotopic (exact) mass is 373 g/mol. The Morgan fingerprint density at radius 1 is 1.20 bits per heavy atom. The highest BCUT2D eigenvalue weighted by Crippen LogP contribution is 2.35. The summed E-state index contributed by atoms with van der Waals surface area (Å²) in [5.41, 5.74) is 8.05. The number of hydrogen-bond acceptors (Lipinski definition) is 7. The molecule has 0 fully saturated rings. The first kappa shape index (κ1) is 17.1. The zero-order valence-electron chi connectivity index (χ0n) is 13.5. The van der Waals surface area contributed by atoms with E-state index in [4.69, 9.17) is 5.73 Å². The maximum atomic E-state index is 11.3. The van der Waals surface area contributed by atoms with Crippen molar-refractivity contribution in [1.29, 1.82) is 0 Å². The van der Waals surface area contributed by atoms with Gasteiger partial charge in [-0.05, 0) is 25.1 Å². The van der Waals surface area contributed by atoms with E-state index in [0.29, 0.717) is 15.8 Å². The average molecular weight is 373 g/mol. The van der Waals surface area contributed by atoms with Gasteiger partial charge in [-0.25, -0.2) is 9.97 Å². The summed E-state index contributed by atoms with van der Waals surface area (Å²) in [6, 6.07) is 6.92. The molecule has 0 atom stereocenters. The molecule has 2 amide bonds. The van der Waals surface area contributed by atoms with E-state index >= 15 is 0 Å². The van der Waals surface area contributed by atoms with E-state index in [2.05, 4.69) is 20.6 Å². The molecule has 3 aromatic rings. The van der Waals surface area contributed by atoms with Crippen LogP contribution in [0.25, 0.3) is 10.6 Å². The van der Waals surface area contributed by atoms with Crippen LogP contribution in [0.15, 0.2) is 29.6 Å². The van der Waals surface area contributed by atoms with Gasteiger partial charge in [-0.3, -0.25) is 9.59 Å². The number of amides is 2. The van der Waals surface area contributed by atoms with Crippen molar-refractivity contribution in [1.82, 2.24) is 9.97 Å². The average Bonchev–Trinajstić information content (AvgIpc) is 3.13. The molecule has 0 unspecified atom stereocenters. The number of nitrogens with zero attached hydrogens (tertiary/aromatic N) is 2. The Bertz CT molecular complexity index is 948. The topological polar surface area (TPSA) is 110 Å². The number of thiazole rings is 2. The number of anilines is 3. The Kier molecular flexibility index (Phi) is 4.77. The van der Waals surface area contributed by atoms with E-state index < -0.39 is 5.91 Å². The number of nitrogens with one attached hydrogen (secondary N) is 2. The number of hydrogen-bond donors (Lipinski definition) is 3. The molecule has 0 bridgehead atoms. The molecule has 4 N–H and O–H groups in total. The molecule has 3 rings (SSSR count). The minimum absolute atomic E-state index is 0.157. The van der Waals surface area contributed by atoms with Crippen LogP contribution in [0, 0.1) is 6.92 Å². The van der Waals surface area contributed by atoms with Crippen LogP contribution in [0.3, 0.4) is 0 Å². The fourth-order valence-corrected chi connectivity index (χ4v) is 3.92. The van der Waals surface area contributed by atoms with Crippen molar-refractivity contribution in [2.24, 2.45) is 5.73 Å². The van der Waals surface area contributed by atoms with E-state index in [1.165, 1.54) is 29.6 Å². The van der Waals surface area contributed by atoms with E-state index in [-0.39, 0.29) is 5.91 Å². The Morgan fingerprint density at radius 3 is 2.72 bits per heavy atom. The van der Waals surface area contributed by atoms with Crippen LogP contribution in [0.4, 0.5) is 16.0 Å². The summed E-state index contributed by atoms with van der Waals surface area (Å²) in [5.74, 6) is -0.635. The van der Waals surface area contributed by atoms with Crippen LogP contribution in [-0.4, -0.2) is 21.8 Å². The molecule has 0 spiro atoms. The highest BCUT2D eigenvalue weighted by atomic mass is 32.1. The van der Waals surface area contributed by atoms with Crippen molar-refractivity contribution in [3.8, 4) is 10.6 Å². The molecule has 0 aliphatic carbocycles. The number of nitrogens with two attached hydrogens (primary N) is 1. The number of aromatic nitrogens is 2. The summed E-state index contributed by atoms with van der Waals surface area (Å²) in [5, 5.41) is 9.00. The molecule has 1 aromatic carbocycles. The molecule has 9 heteroatoms.